The fraction of sp³-hybridized carbons (Fsp3) is 0.430. The van der Waals surface area contributed by atoms with Crippen LogP contribution in [0.5, 0.6) is 23.0 Å². The van der Waals surface area contributed by atoms with Gasteiger partial charge in [-0.25, -0.2) is 14.8 Å². The van der Waals surface area contributed by atoms with Crippen LogP contribution in [0.1, 0.15) is 279 Å². The van der Waals surface area contributed by atoms with E-state index in [1.807, 2.05) is 0 Å². The number of carbonyl (C=O) groups is 1. The van der Waals surface area contributed by atoms with Crippen molar-refractivity contribution in [2.24, 2.45) is 0 Å². The van der Waals surface area contributed by atoms with Gasteiger partial charge >= 0.3 is 5.97 Å². The lowest BCUT2D eigenvalue weighted by atomic mass is 9.86. The van der Waals surface area contributed by atoms with Gasteiger partial charge in [-0.15, -0.1) is 0 Å². The number of rotatable bonds is 38. The predicted octanol–water partition coefficient (Wildman–Crippen LogP) is 26.1. The monoisotopic (exact) mass is 1400 g/mol. The van der Waals surface area contributed by atoms with Crippen molar-refractivity contribution in [2.45, 2.75) is 234 Å². The lowest BCUT2D eigenvalue weighted by Crippen LogP contribution is -2.15. The van der Waals surface area contributed by atoms with Crippen molar-refractivity contribution in [3.05, 3.63) is 184 Å². The summed E-state index contributed by atoms with van der Waals surface area (Å²) in [6, 6.07) is 45.7. The van der Waals surface area contributed by atoms with Gasteiger partial charge in [0, 0.05) is 39.1 Å². The minimum Gasteiger partial charge on any atom is -0.493 e. The minimum atomic E-state index is -0.998. The predicted molar refractivity (Wildman–Crippen MR) is 437 cm³/mol. The van der Waals surface area contributed by atoms with Crippen LogP contribution in [0, 0.1) is 11.8 Å². The van der Waals surface area contributed by atoms with E-state index in [1.54, 1.807) is 24.3 Å². The van der Waals surface area contributed by atoms with Gasteiger partial charge in [-0.05, 0) is 169 Å². The van der Waals surface area contributed by atoms with Crippen LogP contribution in [0.25, 0.3) is 68.6 Å². The molecule has 0 unspecified atom stereocenters. The summed E-state index contributed by atoms with van der Waals surface area (Å²) in [5.74, 6) is 8.93. The molecule has 5 aromatic carbocycles. The summed E-state index contributed by atoms with van der Waals surface area (Å²) in [7, 11) is 0. The van der Waals surface area contributed by atoms with Crippen molar-refractivity contribution in [3.63, 3.8) is 0 Å². The number of aromatic amines is 2. The van der Waals surface area contributed by atoms with Crippen LogP contribution < -0.4 is 23.8 Å². The van der Waals surface area contributed by atoms with Crippen LogP contribution in [0.3, 0.4) is 0 Å². The zero-order chi connectivity index (χ0) is 73.3. The number of anilines is 3. The van der Waals surface area contributed by atoms with Crippen molar-refractivity contribution < 1.29 is 28.8 Å². The Balaban J connectivity index is 1.32. The van der Waals surface area contributed by atoms with E-state index >= 15 is 0 Å². The lowest BCUT2D eigenvalue weighted by Gasteiger charge is -2.28. The molecule has 2 aliphatic heterocycles. The fourth-order valence-corrected chi connectivity index (χ4v) is 13.8. The molecule has 0 saturated carbocycles. The molecule has 548 valence electrons. The van der Waals surface area contributed by atoms with Crippen LogP contribution in [-0.4, -0.2) is 57.4 Å². The average molecular weight is 1400 g/mol. The molecule has 0 radical (unpaired) electrons. The Kier molecular flexibility index (Phi) is 28.6. The molecule has 5 heterocycles. The van der Waals surface area contributed by atoms with Gasteiger partial charge in [0.1, 0.15) is 23.0 Å². The smallest absolute Gasteiger partial charge is 0.335 e. The third kappa shape index (κ3) is 20.8. The SMILES string of the molecule is CCCCCCCCOc1cccc(OCCCCCCCC)c1-c1c2nc(c(C#Cc3ccc(C(=O)O)cc3)c3ccc([nH]3)c(N(c3ccc(C(C)(C)C)cc3)c3ccc(C(C)(C)C)cc3)c3nc(c(-c4c(OCCCCCCCC)cccc4OCCCCCCCC)c4ccc1[nH]4)C=C3)C=C2. The van der Waals surface area contributed by atoms with E-state index in [-0.39, 0.29) is 16.4 Å². The van der Waals surface area contributed by atoms with Crippen molar-refractivity contribution in [3.8, 4) is 57.1 Å². The Morgan fingerprint density at radius 1 is 0.385 bits per heavy atom. The first-order valence-corrected chi connectivity index (χ1v) is 39.4. The normalized spacial score (nSPS) is 12.0. The first-order chi connectivity index (χ1) is 50.6. The van der Waals surface area contributed by atoms with E-state index < -0.39 is 5.97 Å². The first kappa shape index (κ1) is 77.3. The molecular formula is C93H115N5O6. The van der Waals surface area contributed by atoms with Gasteiger partial charge in [-0.3, -0.25) is 0 Å². The second-order valence-corrected chi connectivity index (χ2v) is 30.3. The highest BCUT2D eigenvalue weighted by Gasteiger charge is 2.28. The Bertz CT molecular complexity index is 4270. The molecule has 0 amide bonds. The number of hydrogen-bond acceptors (Lipinski definition) is 8. The number of carboxylic acids is 1. The molecule has 11 nitrogen and oxygen atoms in total. The zero-order valence-corrected chi connectivity index (χ0v) is 64.1. The average Bonchev–Trinajstić information content (AvgIpc) is 1.58. The summed E-state index contributed by atoms with van der Waals surface area (Å²) in [6.45, 7) is 24.7. The summed E-state index contributed by atoms with van der Waals surface area (Å²) >= 11 is 0. The van der Waals surface area contributed by atoms with E-state index in [4.69, 9.17) is 28.9 Å². The molecular weight excluding hydrogens is 1280 g/mol. The molecule has 8 bridgehead atoms. The molecule has 0 saturated heterocycles. The molecule has 0 fully saturated rings. The quantitative estimate of drug-likeness (QED) is 0.0255. The highest BCUT2D eigenvalue weighted by molar-refractivity contribution is 6.02. The molecule has 0 atom stereocenters. The molecule has 0 spiro atoms. The molecule has 104 heavy (non-hydrogen) atoms. The molecule has 0 aliphatic carbocycles. The fourth-order valence-electron chi connectivity index (χ4n) is 13.8. The molecule has 3 N–H and O–H groups in total. The number of aromatic carboxylic acids is 1. The van der Waals surface area contributed by atoms with Crippen LogP contribution in [0.4, 0.5) is 17.1 Å². The minimum absolute atomic E-state index is 0.0917. The van der Waals surface area contributed by atoms with Gasteiger partial charge < -0.3 is 38.9 Å². The largest absolute Gasteiger partial charge is 0.493 e. The van der Waals surface area contributed by atoms with Crippen molar-refractivity contribution >= 4 is 69.4 Å². The van der Waals surface area contributed by atoms with Gasteiger partial charge in [0.05, 0.1) is 88.2 Å². The van der Waals surface area contributed by atoms with Crippen LogP contribution in [0.15, 0.2) is 133 Å². The summed E-state index contributed by atoms with van der Waals surface area (Å²) in [5, 5.41) is 9.93. The number of benzene rings is 5. The number of nitrogens with zero attached hydrogens (tertiary/aromatic N) is 3. The van der Waals surface area contributed by atoms with Gasteiger partial charge in [0.25, 0.3) is 0 Å². The number of ether oxygens (including phenoxy) is 4. The van der Waals surface area contributed by atoms with Crippen molar-refractivity contribution in [2.75, 3.05) is 31.3 Å². The first-order valence-electron chi connectivity index (χ1n) is 39.4. The van der Waals surface area contributed by atoms with Crippen LogP contribution >= 0.6 is 0 Å². The standard InChI is InChI=1S/C93H115N5O6/c1-11-15-19-23-27-31-63-101-82-37-35-38-83(102-64-32-28-24-20-16-12-2)88(82)86-76-57-55-74(94-76)73(54-43-67-41-44-68(45-42-67)91(99)100)75-56-61-80(95-75)90(98(71-50-46-69(47-51-71)92(5,6)7)72-52-48-70(49-53-72)93(8,9)10)81-62-60-79(97-81)87(78-59-58-77(86)96-78)89-84(103-65-33-29-25-21-17-13-3)39-36-40-85(89)104-66-34-30-26-22-18-14-4/h35-42,44-53,55-62,95-96H,11-34,63-66H2,1-10H3,(H,99,100). The maximum Gasteiger partial charge on any atom is 0.335 e. The van der Waals surface area contributed by atoms with Gasteiger partial charge in [0.15, 0.2) is 0 Å². The Morgan fingerprint density at radius 3 is 1.12 bits per heavy atom. The molecule has 8 aromatic rings. The van der Waals surface area contributed by atoms with Crippen molar-refractivity contribution in [1.29, 1.82) is 0 Å². The maximum absolute atomic E-state index is 12.1. The maximum atomic E-state index is 12.1. The highest BCUT2D eigenvalue weighted by Crippen LogP contribution is 2.48. The summed E-state index contributed by atoms with van der Waals surface area (Å²) in [5.41, 5.74) is 15.6. The topological polar surface area (TPSA) is 135 Å². The molecule has 11 heteroatoms. The number of aromatic nitrogens is 4. The Hall–Kier alpha value is -9.27. The number of carboxylic acid groups (broad SMARTS) is 1. The van der Waals surface area contributed by atoms with E-state index in [2.05, 4.69) is 229 Å². The van der Waals surface area contributed by atoms with Crippen LogP contribution in [-0.2, 0) is 10.8 Å². The van der Waals surface area contributed by atoms with E-state index in [0.29, 0.717) is 60.4 Å². The number of hydrogen-bond donors (Lipinski definition) is 3. The number of H-pyrrole nitrogens is 2. The molecule has 2 aliphatic rings. The van der Waals surface area contributed by atoms with E-state index in [0.717, 1.165) is 148 Å². The zero-order valence-electron chi connectivity index (χ0n) is 64.1. The molecule has 10 rings (SSSR count). The summed E-state index contributed by atoms with van der Waals surface area (Å²) in [4.78, 5) is 34.2. The Labute approximate surface area is 621 Å². The number of unbranched alkanes of at least 4 members (excludes halogenated alkanes) is 20. The van der Waals surface area contributed by atoms with Gasteiger partial charge in [-0.2, -0.15) is 0 Å². The van der Waals surface area contributed by atoms with Gasteiger partial charge in [-0.1, -0.05) is 246 Å². The lowest BCUT2D eigenvalue weighted by molar-refractivity contribution is 0.0696. The van der Waals surface area contributed by atoms with Gasteiger partial charge in [0.2, 0.25) is 0 Å². The van der Waals surface area contributed by atoms with Crippen molar-refractivity contribution in [1.82, 2.24) is 19.9 Å². The second-order valence-electron chi connectivity index (χ2n) is 30.3. The second kappa shape index (κ2) is 38.5. The molecule has 3 aromatic heterocycles. The van der Waals surface area contributed by atoms with E-state index in [9.17, 15) is 9.90 Å². The third-order valence-corrected chi connectivity index (χ3v) is 19.9. The Morgan fingerprint density at radius 2 is 0.731 bits per heavy atom. The summed E-state index contributed by atoms with van der Waals surface area (Å²) < 4.78 is 28.4. The summed E-state index contributed by atoms with van der Waals surface area (Å²) in [6.07, 6.45) is 35.7. The third-order valence-electron chi connectivity index (χ3n) is 19.9. The number of fused-ring (bicyclic) bond motifs is 8. The highest BCUT2D eigenvalue weighted by atomic mass is 16.5. The van der Waals surface area contributed by atoms with E-state index in [1.165, 1.54) is 101 Å². The number of nitrogens with one attached hydrogen (secondary N) is 2. The van der Waals surface area contributed by atoms with Crippen LogP contribution in [0.2, 0.25) is 0 Å².